The maximum Gasteiger partial charge on any atom is 0.243 e. The average Bonchev–Trinajstić information content (AvgIpc) is 2.51. The SMILES string of the molecule is COc1ccc(S(=O)(=O)N(C)CC(=O)NC(C(C)C)C(C)C)cc1. The predicted octanol–water partition coefficient (Wildman–Crippen LogP) is 2.11. The molecule has 24 heavy (non-hydrogen) atoms. The largest absolute Gasteiger partial charge is 0.497 e. The van der Waals surface area contributed by atoms with E-state index in [1.807, 2.05) is 27.7 Å². The monoisotopic (exact) mass is 356 g/mol. The molecule has 0 fully saturated rings. The van der Waals surface area contributed by atoms with Gasteiger partial charge in [0.1, 0.15) is 5.75 Å². The summed E-state index contributed by atoms with van der Waals surface area (Å²) in [7, 11) is -0.803. The van der Waals surface area contributed by atoms with Crippen LogP contribution in [0.3, 0.4) is 0 Å². The van der Waals surface area contributed by atoms with Crippen molar-refractivity contribution in [2.24, 2.45) is 11.8 Å². The Kier molecular flexibility index (Phi) is 7.23. The van der Waals surface area contributed by atoms with Crippen LogP contribution < -0.4 is 10.1 Å². The van der Waals surface area contributed by atoms with Gasteiger partial charge in [-0.25, -0.2) is 8.42 Å². The van der Waals surface area contributed by atoms with E-state index in [1.165, 1.54) is 26.3 Å². The fraction of sp³-hybridized carbons (Fsp3) is 0.588. The van der Waals surface area contributed by atoms with Crippen LogP contribution in [-0.2, 0) is 14.8 Å². The lowest BCUT2D eigenvalue weighted by molar-refractivity contribution is -0.122. The average molecular weight is 356 g/mol. The van der Waals surface area contributed by atoms with E-state index in [4.69, 9.17) is 4.74 Å². The highest BCUT2D eigenvalue weighted by Crippen LogP contribution is 2.18. The molecule has 0 spiro atoms. The third-order valence-electron chi connectivity index (χ3n) is 3.90. The van der Waals surface area contributed by atoms with Gasteiger partial charge in [-0.1, -0.05) is 27.7 Å². The lowest BCUT2D eigenvalue weighted by Gasteiger charge is -2.27. The van der Waals surface area contributed by atoms with Crippen molar-refractivity contribution in [2.75, 3.05) is 20.7 Å². The summed E-state index contributed by atoms with van der Waals surface area (Å²) >= 11 is 0. The van der Waals surface area contributed by atoms with Crippen molar-refractivity contribution in [3.8, 4) is 5.75 Å². The maximum absolute atomic E-state index is 12.5. The van der Waals surface area contributed by atoms with Crippen LogP contribution in [0.25, 0.3) is 0 Å². The highest BCUT2D eigenvalue weighted by molar-refractivity contribution is 7.89. The molecular formula is C17H28N2O4S. The molecule has 7 heteroatoms. The number of nitrogens with one attached hydrogen (secondary N) is 1. The summed E-state index contributed by atoms with van der Waals surface area (Å²) in [6.07, 6.45) is 0. The maximum atomic E-state index is 12.5. The second-order valence-corrected chi connectivity index (χ2v) is 8.56. The number of sulfonamides is 1. The first kappa shape index (κ1) is 20.4. The van der Waals surface area contributed by atoms with Crippen LogP contribution in [0.2, 0.25) is 0 Å². The summed E-state index contributed by atoms with van der Waals surface area (Å²) in [5.41, 5.74) is 0. The summed E-state index contributed by atoms with van der Waals surface area (Å²) in [6.45, 7) is 7.90. The molecule has 0 heterocycles. The standard InChI is InChI=1S/C17H28N2O4S/c1-12(2)17(13(3)4)18-16(20)11-19(5)24(21,22)15-9-7-14(23-6)8-10-15/h7-10,12-13,17H,11H2,1-6H3,(H,18,20). The van der Waals surface area contributed by atoms with E-state index in [-0.39, 0.29) is 35.2 Å². The highest BCUT2D eigenvalue weighted by Gasteiger charge is 2.25. The quantitative estimate of drug-likeness (QED) is 0.774. The van der Waals surface area contributed by atoms with E-state index in [2.05, 4.69) is 5.32 Å². The van der Waals surface area contributed by atoms with Crippen LogP contribution in [0.15, 0.2) is 29.2 Å². The molecular weight excluding hydrogens is 328 g/mol. The van der Waals surface area contributed by atoms with Crippen LogP contribution in [0.5, 0.6) is 5.75 Å². The Bertz CT molecular complexity index is 631. The fourth-order valence-corrected chi connectivity index (χ4v) is 3.68. The lowest BCUT2D eigenvalue weighted by atomic mass is 9.93. The molecule has 0 aliphatic heterocycles. The van der Waals surface area contributed by atoms with Gasteiger partial charge in [-0.15, -0.1) is 0 Å². The zero-order valence-corrected chi connectivity index (χ0v) is 16.1. The summed E-state index contributed by atoms with van der Waals surface area (Å²) in [5, 5.41) is 2.92. The smallest absolute Gasteiger partial charge is 0.243 e. The second-order valence-electron chi connectivity index (χ2n) is 6.52. The number of hydrogen-bond donors (Lipinski definition) is 1. The van der Waals surface area contributed by atoms with Gasteiger partial charge in [-0.2, -0.15) is 4.31 Å². The van der Waals surface area contributed by atoms with E-state index in [0.29, 0.717) is 5.75 Å². The minimum Gasteiger partial charge on any atom is -0.497 e. The summed E-state index contributed by atoms with van der Waals surface area (Å²) < 4.78 is 31.1. The van der Waals surface area contributed by atoms with Crippen molar-refractivity contribution in [1.82, 2.24) is 9.62 Å². The zero-order chi connectivity index (χ0) is 18.5. The molecule has 0 aromatic heterocycles. The molecule has 0 saturated heterocycles. The van der Waals surface area contributed by atoms with Gasteiger partial charge < -0.3 is 10.1 Å². The third kappa shape index (κ3) is 5.21. The molecule has 1 aromatic carbocycles. The number of carbonyl (C=O) groups is 1. The van der Waals surface area contributed by atoms with Gasteiger partial charge in [0, 0.05) is 13.1 Å². The molecule has 6 nitrogen and oxygen atoms in total. The van der Waals surface area contributed by atoms with E-state index in [9.17, 15) is 13.2 Å². The molecule has 0 radical (unpaired) electrons. The van der Waals surface area contributed by atoms with Crippen molar-refractivity contribution in [3.05, 3.63) is 24.3 Å². The summed E-state index contributed by atoms with van der Waals surface area (Å²) in [4.78, 5) is 12.3. The fourth-order valence-electron chi connectivity index (χ4n) is 2.55. The predicted molar refractivity (Wildman–Crippen MR) is 94.4 cm³/mol. The first-order valence-electron chi connectivity index (χ1n) is 7.99. The highest BCUT2D eigenvalue weighted by atomic mass is 32.2. The topological polar surface area (TPSA) is 75.7 Å². The van der Waals surface area contributed by atoms with Gasteiger partial charge in [-0.3, -0.25) is 4.79 Å². The number of hydrogen-bond acceptors (Lipinski definition) is 4. The van der Waals surface area contributed by atoms with Crippen molar-refractivity contribution >= 4 is 15.9 Å². The molecule has 136 valence electrons. The van der Waals surface area contributed by atoms with E-state index >= 15 is 0 Å². The first-order valence-corrected chi connectivity index (χ1v) is 9.43. The van der Waals surface area contributed by atoms with E-state index < -0.39 is 10.0 Å². The van der Waals surface area contributed by atoms with Gasteiger partial charge in [0.05, 0.1) is 18.6 Å². The Morgan fingerprint density at radius 2 is 1.62 bits per heavy atom. The Morgan fingerprint density at radius 1 is 1.12 bits per heavy atom. The van der Waals surface area contributed by atoms with Crippen LogP contribution in [0, 0.1) is 11.8 Å². The van der Waals surface area contributed by atoms with Crippen LogP contribution in [0.4, 0.5) is 0 Å². The Hall–Kier alpha value is -1.60. The molecule has 0 bridgehead atoms. The van der Waals surface area contributed by atoms with Crippen molar-refractivity contribution in [2.45, 2.75) is 38.6 Å². The number of amides is 1. The van der Waals surface area contributed by atoms with Gasteiger partial charge in [0.25, 0.3) is 0 Å². The Morgan fingerprint density at radius 3 is 2.04 bits per heavy atom. The van der Waals surface area contributed by atoms with Crippen molar-refractivity contribution in [1.29, 1.82) is 0 Å². The van der Waals surface area contributed by atoms with Gasteiger partial charge >= 0.3 is 0 Å². The van der Waals surface area contributed by atoms with Crippen molar-refractivity contribution in [3.63, 3.8) is 0 Å². The van der Waals surface area contributed by atoms with Gasteiger partial charge in [0.15, 0.2) is 0 Å². The van der Waals surface area contributed by atoms with Crippen LogP contribution in [0.1, 0.15) is 27.7 Å². The molecule has 1 N–H and O–H groups in total. The molecule has 0 unspecified atom stereocenters. The Balaban J connectivity index is 2.81. The zero-order valence-electron chi connectivity index (χ0n) is 15.2. The van der Waals surface area contributed by atoms with Crippen LogP contribution >= 0.6 is 0 Å². The van der Waals surface area contributed by atoms with E-state index in [1.54, 1.807) is 12.1 Å². The van der Waals surface area contributed by atoms with Crippen molar-refractivity contribution < 1.29 is 17.9 Å². The summed E-state index contributed by atoms with van der Waals surface area (Å²) in [5.74, 6) is 0.822. The molecule has 0 atom stereocenters. The molecule has 0 aliphatic carbocycles. The molecule has 1 amide bonds. The molecule has 0 saturated carbocycles. The number of methoxy groups -OCH3 is 1. The van der Waals surface area contributed by atoms with E-state index in [0.717, 1.165) is 4.31 Å². The Labute approximate surface area is 145 Å². The number of nitrogens with zero attached hydrogens (tertiary/aromatic N) is 1. The van der Waals surface area contributed by atoms with Gasteiger partial charge in [-0.05, 0) is 36.1 Å². The minimum absolute atomic E-state index is 0.00888. The summed E-state index contributed by atoms with van der Waals surface area (Å²) in [6, 6.07) is 6.10. The molecule has 1 aromatic rings. The minimum atomic E-state index is -3.72. The van der Waals surface area contributed by atoms with Crippen LogP contribution in [-0.4, -0.2) is 45.4 Å². The van der Waals surface area contributed by atoms with Gasteiger partial charge in [0.2, 0.25) is 15.9 Å². The number of rotatable bonds is 8. The third-order valence-corrected chi connectivity index (χ3v) is 5.72. The number of ether oxygens (including phenoxy) is 1. The number of likely N-dealkylation sites (N-methyl/N-ethyl adjacent to an activating group) is 1. The lowest BCUT2D eigenvalue weighted by Crippen LogP contribution is -2.46. The molecule has 1 rings (SSSR count). The second kappa shape index (κ2) is 8.48. The number of benzene rings is 1. The number of carbonyl (C=O) groups excluding carboxylic acids is 1. The molecule has 0 aliphatic rings. The normalized spacial score (nSPS) is 12.2. The first-order chi connectivity index (χ1) is 11.1.